The van der Waals surface area contributed by atoms with Crippen LogP contribution < -0.4 is 0 Å². The molecule has 1 heterocycles. The Bertz CT molecular complexity index is 562. The molecular formula is C18H24BrNO2. The molecule has 0 aromatic heterocycles. The molecule has 0 bridgehead atoms. The van der Waals surface area contributed by atoms with E-state index in [1.54, 1.807) is 0 Å². The fourth-order valence-corrected chi connectivity index (χ4v) is 3.48. The molecule has 1 aromatic carbocycles. The maximum atomic E-state index is 12.4. The Kier molecular flexibility index (Phi) is 5.45. The number of nitrogens with zero attached hydrogens (tertiary/aromatic N) is 1. The monoisotopic (exact) mass is 365 g/mol. The van der Waals surface area contributed by atoms with E-state index in [4.69, 9.17) is 0 Å². The maximum absolute atomic E-state index is 12.4. The van der Waals surface area contributed by atoms with Gasteiger partial charge < -0.3 is 10.0 Å². The van der Waals surface area contributed by atoms with Crippen molar-refractivity contribution in [2.24, 2.45) is 5.92 Å². The van der Waals surface area contributed by atoms with Crippen LogP contribution in [0.15, 0.2) is 40.9 Å². The predicted molar refractivity (Wildman–Crippen MR) is 92.4 cm³/mol. The molecule has 120 valence electrons. The average molecular weight is 366 g/mol. The number of benzene rings is 1. The second-order valence-corrected chi connectivity index (χ2v) is 7.35. The lowest BCUT2D eigenvalue weighted by molar-refractivity contribution is -0.139. The highest BCUT2D eigenvalue weighted by Crippen LogP contribution is 2.34. The van der Waals surface area contributed by atoms with Crippen molar-refractivity contribution in [3.8, 4) is 0 Å². The van der Waals surface area contributed by atoms with Gasteiger partial charge >= 0.3 is 0 Å². The predicted octanol–water partition coefficient (Wildman–Crippen LogP) is 3.86. The van der Waals surface area contributed by atoms with E-state index in [0.29, 0.717) is 25.9 Å². The van der Waals surface area contributed by atoms with Crippen LogP contribution in [-0.4, -0.2) is 29.0 Å². The quantitative estimate of drug-likeness (QED) is 0.822. The Morgan fingerprint density at radius 2 is 2.09 bits per heavy atom. The second-order valence-electron chi connectivity index (χ2n) is 6.43. The highest BCUT2D eigenvalue weighted by molar-refractivity contribution is 9.10. The van der Waals surface area contributed by atoms with Gasteiger partial charge in [0.25, 0.3) is 0 Å². The summed E-state index contributed by atoms with van der Waals surface area (Å²) in [4.78, 5) is 14.3. The van der Waals surface area contributed by atoms with Crippen LogP contribution in [0.5, 0.6) is 0 Å². The molecule has 3 nitrogen and oxygen atoms in total. The zero-order chi connectivity index (χ0) is 16.3. The Hall–Kier alpha value is -1.13. The van der Waals surface area contributed by atoms with Crippen LogP contribution in [-0.2, 0) is 10.4 Å². The molecule has 1 aromatic rings. The lowest BCUT2D eigenvalue weighted by atomic mass is 9.84. The Morgan fingerprint density at radius 3 is 2.64 bits per heavy atom. The van der Waals surface area contributed by atoms with E-state index in [2.05, 4.69) is 22.5 Å². The topological polar surface area (TPSA) is 40.5 Å². The number of aliphatic hydroxyl groups is 1. The Labute approximate surface area is 141 Å². The fourth-order valence-electron chi connectivity index (χ4n) is 3.09. The van der Waals surface area contributed by atoms with E-state index in [1.165, 1.54) is 0 Å². The van der Waals surface area contributed by atoms with Gasteiger partial charge in [-0.1, -0.05) is 40.6 Å². The normalized spacial score (nSPS) is 18.8. The minimum absolute atomic E-state index is 0.0328. The van der Waals surface area contributed by atoms with Crippen molar-refractivity contribution in [1.29, 1.82) is 0 Å². The number of piperidine rings is 1. The molecule has 1 atom stereocenters. The van der Waals surface area contributed by atoms with Gasteiger partial charge in [-0.05, 0) is 43.9 Å². The summed E-state index contributed by atoms with van der Waals surface area (Å²) in [6.45, 7) is 8.98. The lowest BCUT2D eigenvalue weighted by Gasteiger charge is -2.39. The minimum atomic E-state index is -0.835. The van der Waals surface area contributed by atoms with Crippen LogP contribution in [0, 0.1) is 5.92 Å². The highest BCUT2D eigenvalue weighted by Gasteiger charge is 2.36. The maximum Gasteiger partial charge on any atom is 0.225 e. The number of likely N-dealkylation sites (tertiary alicyclic amines) is 1. The molecule has 1 fully saturated rings. The molecule has 4 heteroatoms. The summed E-state index contributed by atoms with van der Waals surface area (Å²) in [5.74, 6) is 0.133. The molecule has 1 aliphatic rings. The third-order valence-corrected chi connectivity index (χ3v) is 4.83. The van der Waals surface area contributed by atoms with E-state index in [9.17, 15) is 9.90 Å². The van der Waals surface area contributed by atoms with Gasteiger partial charge in [0.2, 0.25) is 5.91 Å². The first kappa shape index (κ1) is 17.2. The minimum Gasteiger partial charge on any atom is -0.385 e. The number of hydrogen-bond acceptors (Lipinski definition) is 2. The molecule has 1 saturated heterocycles. The molecule has 0 saturated carbocycles. The molecule has 0 radical (unpaired) electrons. The van der Waals surface area contributed by atoms with Gasteiger partial charge in [0, 0.05) is 23.5 Å². The van der Waals surface area contributed by atoms with Crippen molar-refractivity contribution in [3.63, 3.8) is 0 Å². The SMILES string of the molecule is C=C(C)C[C@H](C)C(=O)N1CCC(O)(c2cccc(Br)c2)CC1. The molecule has 1 N–H and O–H groups in total. The van der Waals surface area contributed by atoms with Crippen molar-refractivity contribution in [1.82, 2.24) is 4.90 Å². The summed E-state index contributed by atoms with van der Waals surface area (Å²) in [6, 6.07) is 7.79. The Morgan fingerprint density at radius 1 is 1.45 bits per heavy atom. The van der Waals surface area contributed by atoms with Crippen LogP contribution in [0.25, 0.3) is 0 Å². The van der Waals surface area contributed by atoms with Crippen molar-refractivity contribution >= 4 is 21.8 Å². The molecule has 0 unspecified atom stereocenters. The smallest absolute Gasteiger partial charge is 0.225 e. The number of allylic oxidation sites excluding steroid dienone is 1. The lowest BCUT2D eigenvalue weighted by Crippen LogP contribution is -2.46. The largest absolute Gasteiger partial charge is 0.385 e. The summed E-state index contributed by atoms with van der Waals surface area (Å²) in [5, 5.41) is 10.9. The number of halogens is 1. The number of carbonyl (C=O) groups is 1. The van der Waals surface area contributed by atoms with Crippen LogP contribution in [0.2, 0.25) is 0 Å². The van der Waals surface area contributed by atoms with Gasteiger partial charge in [0.15, 0.2) is 0 Å². The molecule has 22 heavy (non-hydrogen) atoms. The first-order valence-electron chi connectivity index (χ1n) is 7.73. The molecule has 0 aliphatic carbocycles. The second kappa shape index (κ2) is 6.97. The summed E-state index contributed by atoms with van der Waals surface area (Å²) in [6.07, 6.45) is 1.88. The van der Waals surface area contributed by atoms with E-state index in [0.717, 1.165) is 22.0 Å². The number of amides is 1. The summed E-state index contributed by atoms with van der Waals surface area (Å²) >= 11 is 3.45. The molecule has 1 aliphatic heterocycles. The van der Waals surface area contributed by atoms with Gasteiger partial charge in [-0.3, -0.25) is 4.79 Å². The number of rotatable bonds is 4. The molecule has 1 amide bonds. The van der Waals surface area contributed by atoms with Gasteiger partial charge in [-0.2, -0.15) is 0 Å². The first-order valence-corrected chi connectivity index (χ1v) is 8.53. The number of carbonyl (C=O) groups excluding carboxylic acids is 1. The summed E-state index contributed by atoms with van der Waals surface area (Å²) in [5.41, 5.74) is 1.12. The van der Waals surface area contributed by atoms with E-state index < -0.39 is 5.60 Å². The average Bonchev–Trinajstić information content (AvgIpc) is 2.46. The third-order valence-electron chi connectivity index (χ3n) is 4.34. The van der Waals surface area contributed by atoms with Crippen molar-refractivity contribution in [3.05, 3.63) is 46.5 Å². The molecular weight excluding hydrogens is 342 g/mol. The van der Waals surface area contributed by atoms with Gasteiger partial charge in [0.05, 0.1) is 5.60 Å². The Balaban J connectivity index is 2.00. The van der Waals surface area contributed by atoms with E-state index in [-0.39, 0.29) is 11.8 Å². The fraction of sp³-hybridized carbons (Fsp3) is 0.500. The van der Waals surface area contributed by atoms with E-state index in [1.807, 2.05) is 43.0 Å². The van der Waals surface area contributed by atoms with Crippen LogP contribution in [0.3, 0.4) is 0 Å². The standard InChI is InChI=1S/C18H24BrNO2/c1-13(2)11-14(3)17(21)20-9-7-18(22,8-10-20)15-5-4-6-16(19)12-15/h4-6,12,14,22H,1,7-11H2,2-3H3/t14-/m0/s1. The summed E-state index contributed by atoms with van der Waals surface area (Å²) < 4.78 is 0.965. The third kappa shape index (κ3) is 3.99. The van der Waals surface area contributed by atoms with Crippen LogP contribution in [0.4, 0.5) is 0 Å². The van der Waals surface area contributed by atoms with Gasteiger partial charge in [-0.15, -0.1) is 6.58 Å². The first-order chi connectivity index (χ1) is 10.3. The van der Waals surface area contributed by atoms with E-state index >= 15 is 0 Å². The molecule has 0 spiro atoms. The van der Waals surface area contributed by atoms with Crippen molar-refractivity contribution < 1.29 is 9.90 Å². The summed E-state index contributed by atoms with van der Waals surface area (Å²) in [7, 11) is 0. The van der Waals surface area contributed by atoms with Crippen molar-refractivity contribution in [2.45, 2.75) is 38.7 Å². The van der Waals surface area contributed by atoms with Crippen molar-refractivity contribution in [2.75, 3.05) is 13.1 Å². The zero-order valence-corrected chi connectivity index (χ0v) is 14.9. The highest BCUT2D eigenvalue weighted by atomic mass is 79.9. The van der Waals surface area contributed by atoms with Crippen LogP contribution in [0.1, 0.15) is 38.7 Å². The zero-order valence-electron chi connectivity index (χ0n) is 13.3. The molecule has 2 rings (SSSR count). The number of hydrogen-bond donors (Lipinski definition) is 1. The van der Waals surface area contributed by atoms with Gasteiger partial charge in [0.1, 0.15) is 0 Å². The van der Waals surface area contributed by atoms with Gasteiger partial charge in [-0.25, -0.2) is 0 Å². The van der Waals surface area contributed by atoms with Crippen LogP contribution >= 0.6 is 15.9 Å².